The van der Waals surface area contributed by atoms with Crippen molar-refractivity contribution in [3.05, 3.63) is 47.3 Å². The third kappa shape index (κ3) is 5.15. The number of carbonyl (C=O) groups is 2. The molecule has 2 aromatic rings. The van der Waals surface area contributed by atoms with Crippen LogP contribution in [0, 0.1) is 0 Å². The summed E-state index contributed by atoms with van der Waals surface area (Å²) in [5.41, 5.74) is 3.50. The summed E-state index contributed by atoms with van der Waals surface area (Å²) in [7, 11) is 0. The van der Waals surface area contributed by atoms with Crippen molar-refractivity contribution in [2.24, 2.45) is 0 Å². The van der Waals surface area contributed by atoms with Crippen molar-refractivity contribution in [2.45, 2.75) is 103 Å². The lowest BCUT2D eigenvalue weighted by molar-refractivity contribution is 0.0307. The van der Waals surface area contributed by atoms with E-state index < -0.39 is 11.2 Å². The van der Waals surface area contributed by atoms with Gasteiger partial charge in [0.05, 0.1) is 17.3 Å². The molecule has 200 valence electrons. The van der Waals surface area contributed by atoms with Gasteiger partial charge in [-0.25, -0.2) is 14.2 Å². The zero-order valence-corrected chi connectivity index (χ0v) is 23.2. The topological polar surface area (TPSA) is 64.0 Å². The number of hydrogen-bond donors (Lipinski definition) is 0. The molecule has 0 radical (unpaired) electrons. The lowest BCUT2D eigenvalue weighted by Crippen LogP contribution is -2.48. The minimum Gasteiger partial charge on any atom is -0.443 e. The van der Waals surface area contributed by atoms with E-state index in [9.17, 15) is 9.59 Å². The van der Waals surface area contributed by atoms with E-state index in [0.29, 0.717) is 6.54 Å². The van der Waals surface area contributed by atoms with Crippen molar-refractivity contribution in [3.63, 3.8) is 0 Å². The molecule has 2 atom stereocenters. The average Bonchev–Trinajstić information content (AvgIpc) is 3.17. The molecule has 0 N–H and O–H groups in total. The fourth-order valence-electron chi connectivity index (χ4n) is 6.24. The monoisotopic (exact) mass is 507 g/mol. The summed E-state index contributed by atoms with van der Waals surface area (Å²) in [5.74, 6) is 0. The van der Waals surface area contributed by atoms with Gasteiger partial charge in [0.1, 0.15) is 11.2 Å². The molecule has 3 aliphatic rings. The van der Waals surface area contributed by atoms with Gasteiger partial charge in [0, 0.05) is 30.7 Å². The highest BCUT2D eigenvalue weighted by Crippen LogP contribution is 2.45. The second-order valence-corrected chi connectivity index (χ2v) is 12.6. The molecule has 1 amide bonds. The van der Waals surface area contributed by atoms with Gasteiger partial charge in [0.25, 0.3) is 0 Å². The maximum atomic E-state index is 13.5. The molecule has 1 fully saturated rings. The highest BCUT2D eigenvalue weighted by Gasteiger charge is 2.42. The Morgan fingerprint density at radius 3 is 2.24 bits per heavy atom. The van der Waals surface area contributed by atoms with Crippen molar-refractivity contribution in [2.75, 3.05) is 13.1 Å². The molecule has 1 aromatic heterocycles. The van der Waals surface area contributed by atoms with Gasteiger partial charge in [-0.3, -0.25) is 9.80 Å². The Morgan fingerprint density at radius 2 is 1.51 bits per heavy atom. The Bertz CT molecular complexity index is 1230. The standard InChI is InChI=1S/C30H41N3O4/c1-29(2,3)36-27(34)31-17-10-11-20(19-31)23-14-9-15-25-26-22(16-18-32(23)25)21-12-7-8-13-24(21)33(26)28(35)37-30(4,5)6/h7-8,12-13,19,23,25H,9-11,14-18H2,1-6H3/t23-,25+/m0/s1. The van der Waals surface area contributed by atoms with Crippen molar-refractivity contribution < 1.29 is 19.1 Å². The minimum absolute atomic E-state index is 0.139. The SMILES string of the molecule is CC(C)(C)OC(=O)N1C=C([C@@H]2CCC[C@@H]3c4c(c5ccccc5n4C(=O)OC(C)(C)C)CCN32)CCC1. The number of para-hydroxylation sites is 1. The fourth-order valence-corrected chi connectivity index (χ4v) is 6.24. The van der Waals surface area contributed by atoms with Gasteiger partial charge in [-0.1, -0.05) is 18.2 Å². The zero-order valence-electron chi connectivity index (χ0n) is 23.2. The van der Waals surface area contributed by atoms with Crippen LogP contribution in [0.5, 0.6) is 0 Å². The molecule has 0 aliphatic carbocycles. The number of benzene rings is 1. The zero-order chi connectivity index (χ0) is 26.5. The number of hydrogen-bond acceptors (Lipinski definition) is 5. The second-order valence-electron chi connectivity index (χ2n) is 12.6. The number of aromatic nitrogens is 1. The Morgan fingerprint density at radius 1 is 0.838 bits per heavy atom. The van der Waals surface area contributed by atoms with Crippen LogP contribution in [0.4, 0.5) is 9.59 Å². The average molecular weight is 508 g/mol. The number of piperidine rings is 1. The van der Waals surface area contributed by atoms with Crippen molar-refractivity contribution in [1.29, 1.82) is 0 Å². The van der Waals surface area contributed by atoms with Gasteiger partial charge in [-0.15, -0.1) is 0 Å². The Balaban J connectivity index is 1.50. The van der Waals surface area contributed by atoms with Crippen molar-refractivity contribution in [1.82, 2.24) is 14.4 Å². The Labute approximate surface area is 220 Å². The quantitative estimate of drug-likeness (QED) is 0.425. The maximum absolute atomic E-state index is 13.5. The number of amides is 1. The molecule has 5 rings (SSSR count). The summed E-state index contributed by atoms with van der Waals surface area (Å²) in [6, 6.07) is 8.60. The van der Waals surface area contributed by atoms with Crippen LogP contribution in [-0.2, 0) is 15.9 Å². The third-order valence-corrected chi connectivity index (χ3v) is 7.53. The minimum atomic E-state index is -0.573. The van der Waals surface area contributed by atoms with E-state index in [2.05, 4.69) is 17.0 Å². The van der Waals surface area contributed by atoms with E-state index in [1.54, 1.807) is 4.90 Å². The molecule has 37 heavy (non-hydrogen) atoms. The number of nitrogens with zero attached hydrogens (tertiary/aromatic N) is 3. The van der Waals surface area contributed by atoms with Crippen LogP contribution in [0.2, 0.25) is 0 Å². The summed E-state index contributed by atoms with van der Waals surface area (Å²) in [5, 5.41) is 1.15. The Kier molecular flexibility index (Phi) is 6.63. The second kappa shape index (κ2) is 9.50. The van der Waals surface area contributed by atoms with Gasteiger partial charge in [-0.05, 0) is 97.3 Å². The first kappa shape index (κ1) is 25.8. The highest BCUT2D eigenvalue weighted by molar-refractivity contribution is 5.94. The van der Waals surface area contributed by atoms with E-state index in [1.807, 2.05) is 64.4 Å². The Hall–Kier alpha value is -2.80. The summed E-state index contributed by atoms with van der Waals surface area (Å²) in [6.07, 6.45) is 7.41. The number of rotatable bonds is 1. The van der Waals surface area contributed by atoms with Crippen LogP contribution < -0.4 is 0 Å². The molecular weight excluding hydrogens is 466 g/mol. The number of ether oxygens (including phenoxy) is 2. The molecule has 7 heteroatoms. The summed E-state index contributed by atoms with van der Waals surface area (Å²) in [6.45, 7) is 13.1. The highest BCUT2D eigenvalue weighted by atomic mass is 16.6. The van der Waals surface area contributed by atoms with E-state index in [0.717, 1.165) is 61.7 Å². The predicted octanol–water partition coefficient (Wildman–Crippen LogP) is 6.79. The first-order valence-electron chi connectivity index (χ1n) is 13.7. The summed E-state index contributed by atoms with van der Waals surface area (Å²) in [4.78, 5) is 30.7. The van der Waals surface area contributed by atoms with Crippen LogP contribution in [0.1, 0.15) is 90.9 Å². The number of carbonyl (C=O) groups excluding carboxylic acids is 2. The molecule has 1 saturated heterocycles. The third-order valence-electron chi connectivity index (χ3n) is 7.53. The van der Waals surface area contributed by atoms with Crippen molar-refractivity contribution >= 4 is 23.1 Å². The molecular formula is C30H41N3O4. The molecule has 0 unspecified atom stereocenters. The van der Waals surface area contributed by atoms with Gasteiger partial charge in [-0.2, -0.15) is 0 Å². The van der Waals surface area contributed by atoms with Crippen LogP contribution in [0.25, 0.3) is 10.9 Å². The largest absolute Gasteiger partial charge is 0.443 e. The van der Waals surface area contributed by atoms with Crippen LogP contribution in [-0.4, -0.2) is 56.9 Å². The first-order chi connectivity index (χ1) is 17.4. The molecule has 0 spiro atoms. The molecule has 3 aliphatic heterocycles. The van der Waals surface area contributed by atoms with Gasteiger partial charge in [0.2, 0.25) is 0 Å². The van der Waals surface area contributed by atoms with Gasteiger partial charge in [0.15, 0.2) is 0 Å². The normalized spacial score (nSPS) is 22.8. The van der Waals surface area contributed by atoms with Crippen molar-refractivity contribution in [3.8, 4) is 0 Å². The molecule has 0 saturated carbocycles. The first-order valence-corrected chi connectivity index (χ1v) is 13.7. The van der Waals surface area contributed by atoms with Crippen LogP contribution >= 0.6 is 0 Å². The van der Waals surface area contributed by atoms with E-state index in [-0.39, 0.29) is 24.3 Å². The van der Waals surface area contributed by atoms with E-state index in [4.69, 9.17) is 9.47 Å². The lowest BCUT2D eigenvalue weighted by Gasteiger charge is -2.47. The van der Waals surface area contributed by atoms with Crippen LogP contribution in [0.15, 0.2) is 36.0 Å². The maximum Gasteiger partial charge on any atom is 0.419 e. The fraction of sp³-hybridized carbons (Fsp3) is 0.600. The lowest BCUT2D eigenvalue weighted by atomic mass is 9.83. The molecule has 7 nitrogen and oxygen atoms in total. The smallest absolute Gasteiger partial charge is 0.419 e. The van der Waals surface area contributed by atoms with E-state index in [1.165, 1.54) is 11.1 Å². The molecule has 1 aromatic carbocycles. The summed E-state index contributed by atoms with van der Waals surface area (Å²) >= 11 is 0. The number of fused-ring (bicyclic) bond motifs is 5. The molecule has 0 bridgehead atoms. The van der Waals surface area contributed by atoms with E-state index >= 15 is 0 Å². The van der Waals surface area contributed by atoms with Crippen LogP contribution in [0.3, 0.4) is 0 Å². The molecule has 4 heterocycles. The van der Waals surface area contributed by atoms with Gasteiger partial charge < -0.3 is 9.47 Å². The predicted molar refractivity (Wildman–Crippen MR) is 145 cm³/mol. The summed E-state index contributed by atoms with van der Waals surface area (Å²) < 4.78 is 13.4. The van der Waals surface area contributed by atoms with Gasteiger partial charge >= 0.3 is 12.2 Å².